The number of carbonyl (C=O) groups is 1. The third-order valence-electron chi connectivity index (χ3n) is 3.73. The van der Waals surface area contributed by atoms with Gasteiger partial charge in [-0.1, -0.05) is 29.8 Å². The number of hydrogen-bond donors (Lipinski definition) is 0. The molecule has 0 saturated carbocycles. The van der Waals surface area contributed by atoms with Crippen molar-refractivity contribution in [3.05, 3.63) is 81.2 Å². The van der Waals surface area contributed by atoms with Gasteiger partial charge < -0.3 is 13.9 Å². The minimum atomic E-state index is -0.649. The van der Waals surface area contributed by atoms with Gasteiger partial charge in [0, 0.05) is 5.02 Å². The Balaban J connectivity index is 1.88. The minimum Gasteiger partial charge on any atom is -0.493 e. The van der Waals surface area contributed by atoms with Crippen LogP contribution in [0.25, 0.3) is 11.6 Å². The van der Waals surface area contributed by atoms with Gasteiger partial charge in [0.05, 0.1) is 18.8 Å². The lowest BCUT2D eigenvalue weighted by Crippen LogP contribution is -2.08. The normalized spacial score (nSPS) is 11.0. The molecule has 0 fully saturated rings. The standard InChI is InChI=1S/C21H13BrClNO4/c1-26-19-10-13(9-15(12-24)14-3-2-4-16(23)11-14)5-6-17(19)28-21(25)18-7-8-20(22)27-18/h2-11H,1H3/b15-9-. The first-order valence-corrected chi connectivity index (χ1v) is 9.20. The SMILES string of the molecule is COc1cc(/C=C(/C#N)c2cccc(Cl)c2)ccc1OC(=O)c1ccc(Br)o1. The molecular formula is C21H13BrClNO4. The van der Waals surface area contributed by atoms with Crippen molar-refractivity contribution in [1.82, 2.24) is 0 Å². The van der Waals surface area contributed by atoms with Gasteiger partial charge in [-0.2, -0.15) is 5.26 Å². The van der Waals surface area contributed by atoms with Gasteiger partial charge in [0.1, 0.15) is 0 Å². The zero-order valence-corrected chi connectivity index (χ0v) is 17.0. The summed E-state index contributed by atoms with van der Waals surface area (Å²) in [7, 11) is 1.46. The second kappa shape index (κ2) is 8.79. The number of furan rings is 1. The summed E-state index contributed by atoms with van der Waals surface area (Å²) in [5, 5.41) is 10.0. The molecule has 1 aromatic heterocycles. The Labute approximate surface area is 174 Å². The molecule has 1 heterocycles. The number of benzene rings is 2. The predicted molar refractivity (Wildman–Crippen MR) is 109 cm³/mol. The molecule has 0 aliphatic rings. The highest BCUT2D eigenvalue weighted by Gasteiger charge is 2.16. The van der Waals surface area contributed by atoms with Crippen LogP contribution < -0.4 is 9.47 Å². The van der Waals surface area contributed by atoms with E-state index in [1.54, 1.807) is 54.6 Å². The Hall–Kier alpha value is -3.01. The van der Waals surface area contributed by atoms with Crippen molar-refractivity contribution >= 4 is 45.1 Å². The number of allylic oxidation sites excluding steroid dienone is 1. The van der Waals surface area contributed by atoms with Crippen molar-refractivity contribution < 1.29 is 18.7 Å². The number of esters is 1. The zero-order valence-electron chi connectivity index (χ0n) is 14.6. The molecule has 0 N–H and O–H groups in total. The van der Waals surface area contributed by atoms with Gasteiger partial charge in [-0.3, -0.25) is 0 Å². The van der Waals surface area contributed by atoms with Crippen LogP contribution in [0.3, 0.4) is 0 Å². The fourth-order valence-corrected chi connectivity index (χ4v) is 2.93. The van der Waals surface area contributed by atoms with E-state index in [1.807, 2.05) is 0 Å². The van der Waals surface area contributed by atoms with Crippen molar-refractivity contribution in [1.29, 1.82) is 5.26 Å². The Bertz CT molecular complexity index is 1100. The first-order valence-electron chi connectivity index (χ1n) is 8.03. The number of nitrogens with zero attached hydrogens (tertiary/aromatic N) is 1. The number of halogens is 2. The molecule has 0 saturated heterocycles. The van der Waals surface area contributed by atoms with Crippen LogP contribution in [-0.4, -0.2) is 13.1 Å². The van der Waals surface area contributed by atoms with E-state index in [0.717, 1.165) is 0 Å². The number of carbonyl (C=O) groups excluding carboxylic acids is 1. The van der Waals surface area contributed by atoms with E-state index in [-0.39, 0.29) is 11.5 Å². The molecular weight excluding hydrogens is 446 g/mol. The summed E-state index contributed by atoms with van der Waals surface area (Å²) >= 11 is 9.14. The Morgan fingerprint density at radius 3 is 2.64 bits per heavy atom. The molecule has 0 bridgehead atoms. The lowest BCUT2D eigenvalue weighted by molar-refractivity contribution is 0.0695. The van der Waals surface area contributed by atoms with Crippen molar-refractivity contribution in [2.45, 2.75) is 0 Å². The molecule has 0 radical (unpaired) electrons. The smallest absolute Gasteiger partial charge is 0.379 e. The van der Waals surface area contributed by atoms with Crippen LogP contribution >= 0.6 is 27.5 Å². The average Bonchev–Trinajstić information content (AvgIpc) is 3.13. The van der Waals surface area contributed by atoms with E-state index in [9.17, 15) is 10.1 Å². The zero-order chi connectivity index (χ0) is 20.1. The Morgan fingerprint density at radius 1 is 1.18 bits per heavy atom. The molecule has 3 rings (SSSR count). The Morgan fingerprint density at radius 2 is 2.00 bits per heavy atom. The quantitative estimate of drug-likeness (QED) is 0.203. The lowest BCUT2D eigenvalue weighted by Gasteiger charge is -2.09. The molecule has 0 amide bonds. The van der Waals surface area contributed by atoms with Crippen molar-refractivity contribution in [3.8, 4) is 17.6 Å². The molecule has 0 aliphatic carbocycles. The number of hydrogen-bond acceptors (Lipinski definition) is 5. The van der Waals surface area contributed by atoms with E-state index in [1.165, 1.54) is 13.2 Å². The van der Waals surface area contributed by atoms with Crippen molar-refractivity contribution in [2.75, 3.05) is 7.11 Å². The first kappa shape index (κ1) is 19.7. The van der Waals surface area contributed by atoms with Gasteiger partial charge in [-0.05, 0) is 69.5 Å². The van der Waals surface area contributed by atoms with Gasteiger partial charge in [0.25, 0.3) is 0 Å². The maximum absolute atomic E-state index is 12.2. The molecule has 0 unspecified atom stereocenters. The van der Waals surface area contributed by atoms with Crippen LogP contribution in [0.2, 0.25) is 5.02 Å². The molecule has 7 heteroatoms. The average molecular weight is 459 g/mol. The van der Waals surface area contributed by atoms with E-state index in [4.69, 9.17) is 25.5 Å². The predicted octanol–water partition coefficient (Wildman–Crippen LogP) is 5.99. The summed E-state index contributed by atoms with van der Waals surface area (Å²) in [5.41, 5.74) is 1.84. The van der Waals surface area contributed by atoms with Gasteiger partial charge in [-0.25, -0.2) is 4.79 Å². The monoisotopic (exact) mass is 457 g/mol. The first-order chi connectivity index (χ1) is 13.5. The van der Waals surface area contributed by atoms with E-state index >= 15 is 0 Å². The van der Waals surface area contributed by atoms with Gasteiger partial charge in [-0.15, -0.1) is 0 Å². The fraction of sp³-hybridized carbons (Fsp3) is 0.0476. The largest absolute Gasteiger partial charge is 0.493 e. The molecule has 3 aromatic rings. The molecule has 28 heavy (non-hydrogen) atoms. The molecule has 0 atom stereocenters. The summed E-state index contributed by atoms with van der Waals surface area (Å²) in [4.78, 5) is 12.2. The second-order valence-corrected chi connectivity index (χ2v) is 6.80. The maximum Gasteiger partial charge on any atom is 0.379 e. The third-order valence-corrected chi connectivity index (χ3v) is 4.39. The second-order valence-electron chi connectivity index (χ2n) is 5.58. The maximum atomic E-state index is 12.2. The summed E-state index contributed by atoms with van der Waals surface area (Å²) in [6.07, 6.45) is 1.70. The Kier molecular flexibility index (Phi) is 6.19. The van der Waals surface area contributed by atoms with E-state index in [0.29, 0.717) is 32.1 Å². The van der Waals surface area contributed by atoms with E-state index in [2.05, 4.69) is 22.0 Å². The number of rotatable bonds is 5. The highest BCUT2D eigenvalue weighted by Crippen LogP contribution is 2.31. The highest BCUT2D eigenvalue weighted by atomic mass is 79.9. The molecule has 0 aliphatic heterocycles. The van der Waals surface area contributed by atoms with E-state index < -0.39 is 5.97 Å². The molecule has 5 nitrogen and oxygen atoms in total. The fourth-order valence-electron chi connectivity index (χ4n) is 2.44. The molecule has 140 valence electrons. The lowest BCUT2D eigenvalue weighted by atomic mass is 10.0. The van der Waals surface area contributed by atoms with Crippen LogP contribution in [0.4, 0.5) is 0 Å². The van der Waals surface area contributed by atoms with Crippen LogP contribution in [0.15, 0.2) is 63.7 Å². The van der Waals surface area contributed by atoms with Crippen LogP contribution in [0.5, 0.6) is 11.5 Å². The highest BCUT2D eigenvalue weighted by molar-refractivity contribution is 9.10. The number of ether oxygens (including phenoxy) is 2. The molecule has 2 aromatic carbocycles. The summed E-state index contributed by atoms with van der Waals surface area (Å²) < 4.78 is 16.3. The van der Waals surface area contributed by atoms with Crippen molar-refractivity contribution in [2.24, 2.45) is 0 Å². The summed E-state index contributed by atoms with van der Waals surface area (Å²) in [5.74, 6) is -0.0101. The summed E-state index contributed by atoms with van der Waals surface area (Å²) in [6, 6.07) is 17.3. The molecule has 0 spiro atoms. The van der Waals surface area contributed by atoms with Crippen molar-refractivity contribution in [3.63, 3.8) is 0 Å². The van der Waals surface area contributed by atoms with Gasteiger partial charge in [0.2, 0.25) is 5.76 Å². The van der Waals surface area contributed by atoms with Gasteiger partial charge in [0.15, 0.2) is 16.2 Å². The van der Waals surface area contributed by atoms with Gasteiger partial charge >= 0.3 is 5.97 Å². The van der Waals surface area contributed by atoms with Crippen LogP contribution in [-0.2, 0) is 0 Å². The number of nitriles is 1. The number of methoxy groups -OCH3 is 1. The summed E-state index contributed by atoms with van der Waals surface area (Å²) in [6.45, 7) is 0. The minimum absolute atomic E-state index is 0.0608. The third kappa shape index (κ3) is 4.63. The van der Waals surface area contributed by atoms with Crippen LogP contribution in [0, 0.1) is 11.3 Å². The van der Waals surface area contributed by atoms with Crippen LogP contribution in [0.1, 0.15) is 21.7 Å². The topological polar surface area (TPSA) is 72.5 Å².